The lowest BCUT2D eigenvalue weighted by atomic mass is 9.76. The Bertz CT molecular complexity index is 152. The molecule has 1 fully saturated rings. The van der Waals surface area contributed by atoms with E-state index in [1.807, 2.05) is 0 Å². The summed E-state index contributed by atoms with van der Waals surface area (Å²) in [5.74, 6) is 0. The van der Waals surface area contributed by atoms with Crippen LogP contribution in [0.25, 0.3) is 0 Å². The molecule has 1 N–H and O–H groups in total. The van der Waals surface area contributed by atoms with E-state index in [1.165, 1.54) is 0 Å². The van der Waals surface area contributed by atoms with Crippen LogP contribution in [0.2, 0.25) is 0 Å². The fourth-order valence-electron chi connectivity index (χ4n) is 1.25. The second-order valence-corrected chi connectivity index (χ2v) is 4.54. The third-order valence-corrected chi connectivity index (χ3v) is 2.93. The molecular formula is C9H19NO. The van der Waals surface area contributed by atoms with Gasteiger partial charge in [-0.2, -0.15) is 0 Å². The van der Waals surface area contributed by atoms with Gasteiger partial charge in [-0.3, -0.25) is 5.32 Å². The number of nitrogens with one attached hydrogen (secondary N) is 1. The molecule has 2 heteroatoms. The standard InChI is InChI=1S/C9H19NO/c1-7-10-6-8(2,3)9(4,5)11-7/h7,10H,6H2,1-5H3. The van der Waals surface area contributed by atoms with E-state index in [0.717, 1.165) is 6.54 Å². The van der Waals surface area contributed by atoms with E-state index in [4.69, 9.17) is 4.74 Å². The van der Waals surface area contributed by atoms with Crippen molar-refractivity contribution < 1.29 is 4.74 Å². The number of hydrogen-bond donors (Lipinski definition) is 1. The number of ether oxygens (including phenoxy) is 1. The van der Waals surface area contributed by atoms with Crippen LogP contribution in [-0.4, -0.2) is 18.4 Å². The van der Waals surface area contributed by atoms with Crippen LogP contribution in [0, 0.1) is 5.41 Å². The molecule has 0 aromatic heterocycles. The number of rotatable bonds is 0. The first-order chi connectivity index (χ1) is 4.85. The predicted molar refractivity (Wildman–Crippen MR) is 46.4 cm³/mol. The first-order valence-corrected chi connectivity index (χ1v) is 4.26. The predicted octanol–water partition coefficient (Wildman–Crippen LogP) is 1.76. The summed E-state index contributed by atoms with van der Waals surface area (Å²) in [6.07, 6.45) is 0.193. The average molecular weight is 157 g/mol. The molecule has 1 heterocycles. The molecule has 66 valence electrons. The summed E-state index contributed by atoms with van der Waals surface area (Å²) in [5.41, 5.74) is 0.206. The number of hydrogen-bond acceptors (Lipinski definition) is 2. The van der Waals surface area contributed by atoms with Gasteiger partial charge in [0, 0.05) is 12.0 Å². The monoisotopic (exact) mass is 157 g/mol. The van der Waals surface area contributed by atoms with Crippen LogP contribution < -0.4 is 5.32 Å². The van der Waals surface area contributed by atoms with E-state index in [-0.39, 0.29) is 17.2 Å². The molecule has 1 unspecified atom stereocenters. The Morgan fingerprint density at radius 3 is 2.18 bits per heavy atom. The highest BCUT2D eigenvalue weighted by atomic mass is 16.5. The highest BCUT2D eigenvalue weighted by Crippen LogP contribution is 2.36. The molecule has 1 aliphatic rings. The van der Waals surface area contributed by atoms with Crippen molar-refractivity contribution in [1.82, 2.24) is 5.32 Å². The van der Waals surface area contributed by atoms with E-state index >= 15 is 0 Å². The van der Waals surface area contributed by atoms with Crippen molar-refractivity contribution in [1.29, 1.82) is 0 Å². The molecule has 0 aromatic carbocycles. The lowest BCUT2D eigenvalue weighted by molar-refractivity contribution is -0.173. The van der Waals surface area contributed by atoms with Crippen molar-refractivity contribution >= 4 is 0 Å². The Labute approximate surface area is 69.3 Å². The van der Waals surface area contributed by atoms with Crippen molar-refractivity contribution in [3.8, 4) is 0 Å². The van der Waals surface area contributed by atoms with E-state index < -0.39 is 0 Å². The third-order valence-electron chi connectivity index (χ3n) is 2.93. The molecular weight excluding hydrogens is 138 g/mol. The highest BCUT2D eigenvalue weighted by molar-refractivity contribution is 4.92. The fourth-order valence-corrected chi connectivity index (χ4v) is 1.25. The Kier molecular flexibility index (Phi) is 2.01. The van der Waals surface area contributed by atoms with Crippen LogP contribution in [-0.2, 0) is 4.74 Å². The first kappa shape index (κ1) is 9.01. The van der Waals surface area contributed by atoms with E-state index in [2.05, 4.69) is 39.9 Å². The minimum absolute atomic E-state index is 0.0162. The third kappa shape index (κ3) is 1.57. The van der Waals surface area contributed by atoms with Gasteiger partial charge >= 0.3 is 0 Å². The second-order valence-electron chi connectivity index (χ2n) is 4.54. The van der Waals surface area contributed by atoms with Crippen molar-refractivity contribution in [2.24, 2.45) is 5.41 Å². The summed E-state index contributed by atoms with van der Waals surface area (Å²) >= 11 is 0. The Morgan fingerprint density at radius 2 is 1.82 bits per heavy atom. The average Bonchev–Trinajstić information content (AvgIpc) is 1.80. The fraction of sp³-hybridized carbons (Fsp3) is 1.00. The molecule has 0 saturated carbocycles. The molecule has 0 amide bonds. The van der Waals surface area contributed by atoms with Crippen LogP contribution in [0.15, 0.2) is 0 Å². The second kappa shape index (κ2) is 2.46. The van der Waals surface area contributed by atoms with E-state index in [1.54, 1.807) is 0 Å². The van der Waals surface area contributed by atoms with Crippen molar-refractivity contribution in [2.45, 2.75) is 46.4 Å². The van der Waals surface area contributed by atoms with Gasteiger partial charge in [0.15, 0.2) is 0 Å². The summed E-state index contributed by atoms with van der Waals surface area (Å²) in [7, 11) is 0. The van der Waals surface area contributed by atoms with Crippen molar-refractivity contribution in [2.75, 3.05) is 6.54 Å². The van der Waals surface area contributed by atoms with Gasteiger partial charge in [0.05, 0.1) is 5.60 Å². The highest BCUT2D eigenvalue weighted by Gasteiger charge is 2.42. The Balaban J connectivity index is 2.72. The molecule has 11 heavy (non-hydrogen) atoms. The topological polar surface area (TPSA) is 21.3 Å². The molecule has 1 saturated heterocycles. The Morgan fingerprint density at radius 1 is 1.27 bits per heavy atom. The molecule has 0 aliphatic carbocycles. The molecule has 0 spiro atoms. The first-order valence-electron chi connectivity index (χ1n) is 4.26. The van der Waals surface area contributed by atoms with Gasteiger partial charge < -0.3 is 4.74 Å². The van der Waals surface area contributed by atoms with E-state index in [0.29, 0.717) is 0 Å². The van der Waals surface area contributed by atoms with Crippen LogP contribution in [0.3, 0.4) is 0 Å². The molecule has 2 nitrogen and oxygen atoms in total. The molecule has 0 radical (unpaired) electrons. The van der Waals surface area contributed by atoms with Crippen molar-refractivity contribution in [3.63, 3.8) is 0 Å². The molecule has 1 rings (SSSR count). The SMILES string of the molecule is CC1NCC(C)(C)C(C)(C)O1. The van der Waals surface area contributed by atoms with Crippen LogP contribution in [0.4, 0.5) is 0 Å². The maximum Gasteiger partial charge on any atom is 0.106 e. The van der Waals surface area contributed by atoms with Crippen LogP contribution >= 0.6 is 0 Å². The lowest BCUT2D eigenvalue weighted by Gasteiger charge is -2.48. The zero-order valence-electron chi connectivity index (χ0n) is 8.19. The smallest absolute Gasteiger partial charge is 0.106 e. The summed E-state index contributed by atoms with van der Waals surface area (Å²) in [4.78, 5) is 0. The summed E-state index contributed by atoms with van der Waals surface area (Å²) in [5, 5.41) is 3.31. The summed E-state index contributed by atoms with van der Waals surface area (Å²) in [6.45, 7) is 11.9. The molecule has 1 atom stereocenters. The normalized spacial score (nSPS) is 35.2. The van der Waals surface area contributed by atoms with Gasteiger partial charge in [-0.1, -0.05) is 13.8 Å². The summed E-state index contributed by atoms with van der Waals surface area (Å²) in [6, 6.07) is 0. The van der Waals surface area contributed by atoms with Crippen LogP contribution in [0.5, 0.6) is 0 Å². The van der Waals surface area contributed by atoms with Gasteiger partial charge in [0.1, 0.15) is 6.23 Å². The van der Waals surface area contributed by atoms with Crippen LogP contribution in [0.1, 0.15) is 34.6 Å². The molecule has 1 aliphatic heterocycles. The largest absolute Gasteiger partial charge is 0.357 e. The van der Waals surface area contributed by atoms with E-state index in [9.17, 15) is 0 Å². The lowest BCUT2D eigenvalue weighted by Crippen LogP contribution is -2.57. The van der Waals surface area contributed by atoms with Gasteiger partial charge in [-0.15, -0.1) is 0 Å². The Hall–Kier alpha value is -0.0800. The molecule has 0 aromatic rings. The minimum atomic E-state index is -0.0162. The minimum Gasteiger partial charge on any atom is -0.357 e. The van der Waals surface area contributed by atoms with Gasteiger partial charge in [0.2, 0.25) is 0 Å². The zero-order chi connectivity index (χ0) is 8.70. The summed E-state index contributed by atoms with van der Waals surface area (Å²) < 4.78 is 5.78. The quantitative estimate of drug-likeness (QED) is 0.578. The van der Waals surface area contributed by atoms with Crippen molar-refractivity contribution in [3.05, 3.63) is 0 Å². The van der Waals surface area contributed by atoms with Gasteiger partial charge in [-0.05, 0) is 20.8 Å². The maximum atomic E-state index is 5.78. The molecule has 0 bridgehead atoms. The zero-order valence-corrected chi connectivity index (χ0v) is 8.19. The van der Waals surface area contributed by atoms with Gasteiger partial charge in [-0.25, -0.2) is 0 Å². The maximum absolute atomic E-state index is 5.78. The van der Waals surface area contributed by atoms with Gasteiger partial charge in [0.25, 0.3) is 0 Å².